The Balaban J connectivity index is 1.75. The van der Waals surface area contributed by atoms with Gasteiger partial charge < -0.3 is 10.1 Å². The van der Waals surface area contributed by atoms with Gasteiger partial charge in [0.15, 0.2) is 0 Å². The minimum absolute atomic E-state index is 0.0991. The highest BCUT2D eigenvalue weighted by molar-refractivity contribution is 5.79. The second-order valence-electron chi connectivity index (χ2n) is 6.64. The number of amides is 1. The van der Waals surface area contributed by atoms with Crippen molar-refractivity contribution in [2.45, 2.75) is 40.7 Å². The third kappa shape index (κ3) is 4.16. The third-order valence-corrected chi connectivity index (χ3v) is 4.46. The highest BCUT2D eigenvalue weighted by Crippen LogP contribution is 2.18. The van der Waals surface area contributed by atoms with Crippen LogP contribution in [0.1, 0.15) is 33.9 Å². The first-order chi connectivity index (χ1) is 13.4. The van der Waals surface area contributed by atoms with Crippen LogP contribution >= 0.6 is 0 Å². The Morgan fingerprint density at radius 2 is 1.89 bits per heavy atom. The summed E-state index contributed by atoms with van der Waals surface area (Å²) in [5.41, 5.74) is 5.09. The quantitative estimate of drug-likeness (QED) is 0.704. The number of ether oxygens (including phenoxy) is 1. The van der Waals surface area contributed by atoms with E-state index in [-0.39, 0.29) is 12.3 Å². The minimum atomic E-state index is -0.0991. The predicted molar refractivity (Wildman–Crippen MR) is 104 cm³/mol. The van der Waals surface area contributed by atoms with Crippen LogP contribution in [0.3, 0.4) is 0 Å². The summed E-state index contributed by atoms with van der Waals surface area (Å²) in [6, 6.07) is 5.60. The predicted octanol–water partition coefficient (Wildman–Crippen LogP) is 2.16. The maximum absolute atomic E-state index is 12.5. The molecule has 0 aromatic carbocycles. The fraction of sp³-hybridized carbons (Fsp3) is 0.350. The molecule has 0 saturated carbocycles. The van der Waals surface area contributed by atoms with Crippen LogP contribution in [0, 0.1) is 27.7 Å². The third-order valence-electron chi connectivity index (χ3n) is 4.46. The Morgan fingerprint density at radius 3 is 2.57 bits per heavy atom. The summed E-state index contributed by atoms with van der Waals surface area (Å²) in [5.74, 6) is 0.929. The number of aryl methyl sites for hydroxylation is 3. The minimum Gasteiger partial charge on any atom is -0.481 e. The first-order valence-electron chi connectivity index (χ1n) is 9.01. The van der Waals surface area contributed by atoms with E-state index in [1.807, 2.05) is 45.9 Å². The Bertz CT molecular complexity index is 992. The lowest BCUT2D eigenvalue weighted by molar-refractivity contribution is -0.120. The summed E-state index contributed by atoms with van der Waals surface area (Å²) >= 11 is 0. The molecule has 0 aliphatic rings. The molecule has 8 nitrogen and oxygen atoms in total. The highest BCUT2D eigenvalue weighted by Gasteiger charge is 2.18. The lowest BCUT2D eigenvalue weighted by Gasteiger charge is -2.09. The van der Waals surface area contributed by atoms with Crippen LogP contribution in [0.15, 0.2) is 24.4 Å². The molecule has 0 radical (unpaired) electrons. The molecular formula is C20H24N6O2. The van der Waals surface area contributed by atoms with Gasteiger partial charge in [-0.3, -0.25) is 4.79 Å². The van der Waals surface area contributed by atoms with Crippen LogP contribution in [-0.2, 0) is 17.8 Å². The Morgan fingerprint density at radius 1 is 1.18 bits per heavy atom. The number of carbonyl (C=O) groups is 1. The van der Waals surface area contributed by atoms with Crippen molar-refractivity contribution in [3.05, 3.63) is 58.3 Å². The Labute approximate surface area is 164 Å². The topological polar surface area (TPSA) is 94.8 Å². The number of pyridine rings is 1. The number of nitrogens with zero attached hydrogens (tertiary/aromatic N) is 5. The van der Waals surface area contributed by atoms with Gasteiger partial charge in [-0.15, -0.1) is 0 Å². The molecule has 0 bridgehead atoms. The molecule has 3 aromatic rings. The second-order valence-corrected chi connectivity index (χ2v) is 6.64. The van der Waals surface area contributed by atoms with E-state index < -0.39 is 0 Å². The average Bonchev–Trinajstić information content (AvgIpc) is 2.94. The zero-order valence-electron chi connectivity index (χ0n) is 16.8. The van der Waals surface area contributed by atoms with Gasteiger partial charge in [0.25, 0.3) is 5.95 Å². The van der Waals surface area contributed by atoms with E-state index in [1.165, 1.54) is 0 Å². The van der Waals surface area contributed by atoms with E-state index in [0.29, 0.717) is 18.4 Å². The number of carbonyl (C=O) groups excluding carboxylic acids is 1. The molecule has 28 heavy (non-hydrogen) atoms. The Hall–Kier alpha value is -3.29. The molecule has 0 aliphatic heterocycles. The first-order valence-corrected chi connectivity index (χ1v) is 9.01. The zero-order valence-corrected chi connectivity index (χ0v) is 16.8. The molecule has 0 aliphatic carbocycles. The molecule has 146 valence electrons. The molecule has 0 spiro atoms. The number of hydrogen-bond donors (Lipinski definition) is 1. The van der Waals surface area contributed by atoms with Crippen molar-refractivity contribution in [1.82, 2.24) is 30.0 Å². The SMILES string of the molecule is COc1ncccc1CNC(=O)Cc1c(C)nn(-c2nc(C)cc(C)n2)c1C. The van der Waals surface area contributed by atoms with Crippen molar-refractivity contribution >= 4 is 5.91 Å². The van der Waals surface area contributed by atoms with Gasteiger partial charge in [0.2, 0.25) is 11.8 Å². The van der Waals surface area contributed by atoms with Crippen molar-refractivity contribution < 1.29 is 9.53 Å². The molecular weight excluding hydrogens is 356 g/mol. The van der Waals surface area contributed by atoms with Crippen molar-refractivity contribution in [3.63, 3.8) is 0 Å². The summed E-state index contributed by atoms with van der Waals surface area (Å²) in [6.07, 6.45) is 1.88. The van der Waals surface area contributed by atoms with Gasteiger partial charge in [-0.1, -0.05) is 6.07 Å². The van der Waals surface area contributed by atoms with Gasteiger partial charge in [0.05, 0.1) is 19.2 Å². The zero-order chi connectivity index (χ0) is 20.3. The fourth-order valence-corrected chi connectivity index (χ4v) is 3.09. The normalized spacial score (nSPS) is 10.8. The highest BCUT2D eigenvalue weighted by atomic mass is 16.5. The smallest absolute Gasteiger partial charge is 0.251 e. The van der Waals surface area contributed by atoms with E-state index in [0.717, 1.165) is 33.9 Å². The number of rotatable bonds is 6. The summed E-state index contributed by atoms with van der Waals surface area (Å²) < 4.78 is 6.91. The largest absolute Gasteiger partial charge is 0.481 e. The fourth-order valence-electron chi connectivity index (χ4n) is 3.09. The van der Waals surface area contributed by atoms with Gasteiger partial charge in [0, 0.05) is 41.0 Å². The van der Waals surface area contributed by atoms with Gasteiger partial charge in [0.1, 0.15) is 0 Å². The lowest BCUT2D eigenvalue weighted by atomic mass is 10.1. The van der Waals surface area contributed by atoms with Crippen molar-refractivity contribution in [2.75, 3.05) is 7.11 Å². The number of hydrogen-bond acceptors (Lipinski definition) is 6. The van der Waals surface area contributed by atoms with Gasteiger partial charge in [-0.25, -0.2) is 19.6 Å². The molecule has 0 atom stereocenters. The molecule has 3 aromatic heterocycles. The van der Waals surface area contributed by atoms with Gasteiger partial charge in [-0.2, -0.15) is 5.10 Å². The maximum atomic E-state index is 12.5. The van der Waals surface area contributed by atoms with Crippen LogP contribution in [0.2, 0.25) is 0 Å². The molecule has 3 rings (SSSR count). The molecule has 3 heterocycles. The standard InChI is InChI=1S/C20H24N6O2/c1-12-9-13(2)24-20(23-12)26-15(4)17(14(3)25-26)10-18(27)22-11-16-7-6-8-21-19(16)28-5/h6-9H,10-11H2,1-5H3,(H,22,27). The molecule has 8 heteroatoms. The van der Waals surface area contributed by atoms with Crippen molar-refractivity contribution in [1.29, 1.82) is 0 Å². The van der Waals surface area contributed by atoms with Gasteiger partial charge >= 0.3 is 0 Å². The summed E-state index contributed by atoms with van der Waals surface area (Å²) in [4.78, 5) is 25.6. The van der Waals surface area contributed by atoms with Crippen LogP contribution in [0.25, 0.3) is 5.95 Å². The summed E-state index contributed by atoms with van der Waals surface area (Å²) in [5, 5.41) is 7.46. The molecule has 1 amide bonds. The summed E-state index contributed by atoms with van der Waals surface area (Å²) in [6.45, 7) is 8.00. The van der Waals surface area contributed by atoms with Crippen LogP contribution in [0.4, 0.5) is 0 Å². The van der Waals surface area contributed by atoms with E-state index in [4.69, 9.17) is 4.74 Å². The number of nitrogens with one attached hydrogen (secondary N) is 1. The second kappa shape index (κ2) is 8.16. The van der Waals surface area contributed by atoms with E-state index >= 15 is 0 Å². The van der Waals surface area contributed by atoms with Crippen molar-refractivity contribution in [3.8, 4) is 11.8 Å². The average molecular weight is 380 g/mol. The monoisotopic (exact) mass is 380 g/mol. The maximum Gasteiger partial charge on any atom is 0.251 e. The molecule has 0 fully saturated rings. The lowest BCUT2D eigenvalue weighted by Crippen LogP contribution is -2.25. The van der Waals surface area contributed by atoms with Crippen LogP contribution in [0.5, 0.6) is 5.88 Å². The van der Waals surface area contributed by atoms with Gasteiger partial charge in [-0.05, 0) is 39.8 Å². The molecule has 1 N–H and O–H groups in total. The van der Waals surface area contributed by atoms with E-state index in [9.17, 15) is 4.79 Å². The Kier molecular flexibility index (Phi) is 5.67. The molecule has 0 unspecified atom stereocenters. The molecule has 0 saturated heterocycles. The number of methoxy groups -OCH3 is 1. The van der Waals surface area contributed by atoms with Crippen LogP contribution < -0.4 is 10.1 Å². The van der Waals surface area contributed by atoms with Crippen LogP contribution in [-0.4, -0.2) is 37.7 Å². The van der Waals surface area contributed by atoms with E-state index in [1.54, 1.807) is 18.0 Å². The van der Waals surface area contributed by atoms with Crippen molar-refractivity contribution in [2.24, 2.45) is 0 Å². The summed E-state index contributed by atoms with van der Waals surface area (Å²) in [7, 11) is 1.56. The van der Waals surface area contributed by atoms with E-state index in [2.05, 4.69) is 25.4 Å². The number of aromatic nitrogens is 5. The first kappa shape index (κ1) is 19.5.